The van der Waals surface area contributed by atoms with Crippen LogP contribution in [0.1, 0.15) is 6.92 Å². The lowest BCUT2D eigenvalue weighted by molar-refractivity contribution is 0.0297. The number of rotatable bonds is 8. The van der Waals surface area contributed by atoms with Crippen LogP contribution < -0.4 is 5.32 Å². The van der Waals surface area contributed by atoms with E-state index in [2.05, 4.69) is 5.32 Å². The number of carbonyl (C=O) groups excluding carboxylic acids is 1. The molecule has 0 aliphatic carbocycles. The van der Waals surface area contributed by atoms with Gasteiger partial charge in [-0.05, 0) is 6.92 Å². The summed E-state index contributed by atoms with van der Waals surface area (Å²) in [7, 11) is 0. The van der Waals surface area contributed by atoms with Gasteiger partial charge in [-0.25, -0.2) is 4.79 Å². The number of hydrogen-bond acceptors (Lipinski definition) is 4. The fraction of sp³-hybridized carbons (Fsp3) is 0.900. The zero-order valence-corrected chi connectivity index (χ0v) is 9.65. The molecule has 1 saturated heterocycles. The maximum absolute atomic E-state index is 11.3. The number of amides is 2. The van der Waals surface area contributed by atoms with Crippen molar-refractivity contribution in [1.82, 2.24) is 10.2 Å². The molecule has 1 heterocycles. The van der Waals surface area contributed by atoms with E-state index >= 15 is 0 Å². The fourth-order valence-corrected chi connectivity index (χ4v) is 1.52. The van der Waals surface area contributed by atoms with Crippen molar-refractivity contribution < 1.29 is 19.4 Å². The molecule has 1 rings (SSSR count). The van der Waals surface area contributed by atoms with Crippen LogP contribution in [-0.2, 0) is 9.47 Å². The van der Waals surface area contributed by atoms with Crippen LogP contribution in [0.3, 0.4) is 0 Å². The van der Waals surface area contributed by atoms with E-state index in [0.717, 1.165) is 6.54 Å². The van der Waals surface area contributed by atoms with Gasteiger partial charge in [0.1, 0.15) is 0 Å². The number of urea groups is 1. The predicted molar refractivity (Wildman–Crippen MR) is 58.3 cm³/mol. The lowest BCUT2D eigenvalue weighted by Gasteiger charge is -2.14. The topological polar surface area (TPSA) is 71.0 Å². The summed E-state index contributed by atoms with van der Waals surface area (Å²) >= 11 is 0. The van der Waals surface area contributed by atoms with E-state index in [1.165, 1.54) is 0 Å². The molecule has 0 radical (unpaired) electrons. The summed E-state index contributed by atoms with van der Waals surface area (Å²) in [6.07, 6.45) is 0. The highest BCUT2D eigenvalue weighted by molar-refractivity contribution is 5.76. The molecule has 1 aliphatic heterocycles. The Morgan fingerprint density at radius 1 is 1.38 bits per heavy atom. The summed E-state index contributed by atoms with van der Waals surface area (Å²) in [4.78, 5) is 13.0. The maximum atomic E-state index is 11.3. The molecule has 2 amide bonds. The summed E-state index contributed by atoms with van der Waals surface area (Å²) in [5.74, 6) is 0. The minimum atomic E-state index is -0.0207. The predicted octanol–water partition coefficient (Wildman–Crippen LogP) is -0.574. The smallest absolute Gasteiger partial charge is 0.317 e. The van der Waals surface area contributed by atoms with Gasteiger partial charge in [0.05, 0.1) is 33.0 Å². The van der Waals surface area contributed by atoms with Crippen LogP contribution in [0.15, 0.2) is 0 Å². The molecule has 0 bridgehead atoms. The Bertz CT molecular complexity index is 213. The molecular formula is C10H20N2O4. The molecule has 1 fully saturated rings. The molecule has 94 valence electrons. The Hall–Kier alpha value is -0.850. The first kappa shape index (κ1) is 13.2. The largest absolute Gasteiger partial charge is 0.394 e. The lowest BCUT2D eigenvalue weighted by Crippen LogP contribution is -2.31. The van der Waals surface area contributed by atoms with Crippen LogP contribution in [0.2, 0.25) is 0 Å². The Kier molecular flexibility index (Phi) is 6.14. The Labute approximate surface area is 95.5 Å². The van der Waals surface area contributed by atoms with E-state index in [1.54, 1.807) is 4.90 Å². The number of aliphatic hydroxyl groups is 1. The third kappa shape index (κ3) is 4.78. The summed E-state index contributed by atoms with van der Waals surface area (Å²) in [6, 6.07) is 0.202. The van der Waals surface area contributed by atoms with Gasteiger partial charge >= 0.3 is 6.03 Å². The average Bonchev–Trinajstić information content (AvgIpc) is 2.56. The van der Waals surface area contributed by atoms with Gasteiger partial charge in [0.15, 0.2) is 0 Å². The van der Waals surface area contributed by atoms with Crippen LogP contribution >= 0.6 is 0 Å². The molecule has 0 aromatic rings. The fourth-order valence-electron chi connectivity index (χ4n) is 1.52. The summed E-state index contributed by atoms with van der Waals surface area (Å²) < 4.78 is 10.3. The van der Waals surface area contributed by atoms with Crippen molar-refractivity contribution in [1.29, 1.82) is 0 Å². The number of aliphatic hydroxyl groups excluding tert-OH is 1. The van der Waals surface area contributed by atoms with Gasteiger partial charge in [-0.3, -0.25) is 0 Å². The van der Waals surface area contributed by atoms with Gasteiger partial charge in [-0.15, -0.1) is 0 Å². The minimum absolute atomic E-state index is 0.0207. The van der Waals surface area contributed by atoms with Gasteiger partial charge in [-0.1, -0.05) is 0 Å². The van der Waals surface area contributed by atoms with E-state index in [1.807, 2.05) is 6.92 Å². The van der Waals surface area contributed by atoms with Crippen molar-refractivity contribution >= 4 is 6.03 Å². The third-order valence-electron chi connectivity index (χ3n) is 2.26. The molecule has 1 atom stereocenters. The highest BCUT2D eigenvalue weighted by atomic mass is 16.5. The van der Waals surface area contributed by atoms with Gasteiger partial charge in [0, 0.05) is 19.1 Å². The molecule has 2 N–H and O–H groups in total. The number of nitrogens with one attached hydrogen (secondary N) is 1. The van der Waals surface area contributed by atoms with Gasteiger partial charge in [0.2, 0.25) is 0 Å². The van der Waals surface area contributed by atoms with Crippen LogP contribution in [-0.4, -0.2) is 68.2 Å². The van der Waals surface area contributed by atoms with Crippen LogP contribution in [0, 0.1) is 0 Å². The van der Waals surface area contributed by atoms with E-state index in [0.29, 0.717) is 33.0 Å². The quantitative estimate of drug-likeness (QED) is 0.550. The number of carbonyl (C=O) groups is 1. The molecule has 1 aliphatic rings. The van der Waals surface area contributed by atoms with Crippen molar-refractivity contribution in [3.8, 4) is 0 Å². The molecule has 0 spiro atoms. The third-order valence-corrected chi connectivity index (χ3v) is 2.26. The van der Waals surface area contributed by atoms with Crippen molar-refractivity contribution in [2.75, 3.05) is 46.1 Å². The standard InChI is InChI=1S/C10H20N2O4/c1-9-8-12(10(14)11-9)2-4-15-6-7-16-5-3-13/h9,13H,2-8H2,1H3,(H,11,14). The van der Waals surface area contributed by atoms with Crippen LogP contribution in [0.5, 0.6) is 0 Å². The van der Waals surface area contributed by atoms with Crippen molar-refractivity contribution in [2.24, 2.45) is 0 Å². The molecule has 6 nitrogen and oxygen atoms in total. The van der Waals surface area contributed by atoms with E-state index in [-0.39, 0.29) is 18.7 Å². The van der Waals surface area contributed by atoms with Gasteiger partial charge in [0.25, 0.3) is 0 Å². The second-order valence-electron chi connectivity index (χ2n) is 3.74. The van der Waals surface area contributed by atoms with E-state index in [4.69, 9.17) is 14.6 Å². The average molecular weight is 232 g/mol. The van der Waals surface area contributed by atoms with Crippen LogP contribution in [0.25, 0.3) is 0 Å². The Morgan fingerprint density at radius 3 is 2.62 bits per heavy atom. The molecule has 1 unspecified atom stereocenters. The lowest BCUT2D eigenvalue weighted by atomic mass is 10.4. The SMILES string of the molecule is CC1CN(CCOCCOCCO)C(=O)N1. The zero-order chi connectivity index (χ0) is 11.8. The zero-order valence-electron chi connectivity index (χ0n) is 9.65. The number of nitrogens with zero attached hydrogens (tertiary/aromatic N) is 1. The van der Waals surface area contributed by atoms with E-state index in [9.17, 15) is 4.79 Å². The molecule has 6 heteroatoms. The first-order chi connectivity index (χ1) is 7.74. The Balaban J connectivity index is 1.93. The summed E-state index contributed by atoms with van der Waals surface area (Å²) in [5, 5.41) is 11.3. The van der Waals surface area contributed by atoms with Crippen molar-refractivity contribution in [3.05, 3.63) is 0 Å². The molecular weight excluding hydrogens is 212 g/mol. The van der Waals surface area contributed by atoms with Gasteiger partial charge < -0.3 is 24.8 Å². The second-order valence-corrected chi connectivity index (χ2v) is 3.74. The normalized spacial score (nSPS) is 20.2. The summed E-state index contributed by atoms with van der Waals surface area (Å²) in [6.45, 7) is 5.18. The second kappa shape index (κ2) is 7.43. The highest BCUT2D eigenvalue weighted by Crippen LogP contribution is 2.02. The van der Waals surface area contributed by atoms with Crippen LogP contribution in [0.4, 0.5) is 4.79 Å². The highest BCUT2D eigenvalue weighted by Gasteiger charge is 2.24. The van der Waals surface area contributed by atoms with Crippen molar-refractivity contribution in [2.45, 2.75) is 13.0 Å². The molecule has 0 saturated carbocycles. The molecule has 0 aromatic carbocycles. The van der Waals surface area contributed by atoms with Gasteiger partial charge in [-0.2, -0.15) is 0 Å². The first-order valence-electron chi connectivity index (χ1n) is 5.56. The first-order valence-corrected chi connectivity index (χ1v) is 5.56. The molecule has 0 aromatic heterocycles. The van der Waals surface area contributed by atoms with Crippen molar-refractivity contribution in [3.63, 3.8) is 0 Å². The Morgan fingerprint density at radius 2 is 2.06 bits per heavy atom. The maximum Gasteiger partial charge on any atom is 0.317 e. The summed E-state index contributed by atoms with van der Waals surface area (Å²) in [5.41, 5.74) is 0. The monoisotopic (exact) mass is 232 g/mol. The minimum Gasteiger partial charge on any atom is -0.394 e. The number of hydrogen-bond donors (Lipinski definition) is 2. The molecule has 16 heavy (non-hydrogen) atoms. The number of ether oxygens (including phenoxy) is 2. The van der Waals surface area contributed by atoms with E-state index < -0.39 is 0 Å².